The molecule has 7 heteroatoms. The highest BCUT2D eigenvalue weighted by Gasteiger charge is 2.42. The summed E-state index contributed by atoms with van der Waals surface area (Å²) in [6, 6.07) is 2.67. The molecule has 0 aromatic heterocycles. The SMILES string of the molecule is CCC(C)CC(CNC(=O)OC(C)(C)C)(C(=O)O)c1cc(F)cc(F)c1. The van der Waals surface area contributed by atoms with E-state index in [0.717, 1.165) is 12.1 Å². The summed E-state index contributed by atoms with van der Waals surface area (Å²) in [5.74, 6) is -3.05. The predicted molar refractivity (Wildman–Crippen MR) is 94.0 cm³/mol. The minimum absolute atomic E-state index is 0.0288. The number of benzene rings is 1. The van der Waals surface area contributed by atoms with Crippen LogP contribution in [-0.2, 0) is 14.9 Å². The lowest BCUT2D eigenvalue weighted by Crippen LogP contribution is -2.48. The normalized spacial score (nSPS) is 15.0. The van der Waals surface area contributed by atoms with Gasteiger partial charge in [-0.15, -0.1) is 0 Å². The molecule has 0 fully saturated rings. The van der Waals surface area contributed by atoms with Gasteiger partial charge in [0, 0.05) is 12.6 Å². The second-order valence-electron chi connectivity index (χ2n) is 7.62. The lowest BCUT2D eigenvalue weighted by Gasteiger charge is -2.33. The van der Waals surface area contributed by atoms with Crippen LogP contribution in [0.1, 0.15) is 53.0 Å². The average molecular weight is 371 g/mol. The molecule has 26 heavy (non-hydrogen) atoms. The number of rotatable bonds is 7. The molecule has 0 saturated carbocycles. The number of nitrogens with one attached hydrogen (secondary N) is 1. The summed E-state index contributed by atoms with van der Waals surface area (Å²) in [6.45, 7) is 8.43. The lowest BCUT2D eigenvalue weighted by atomic mass is 9.73. The molecule has 0 aliphatic carbocycles. The van der Waals surface area contributed by atoms with Crippen molar-refractivity contribution in [2.45, 2.75) is 58.5 Å². The molecule has 2 N–H and O–H groups in total. The van der Waals surface area contributed by atoms with Gasteiger partial charge in [0.05, 0.1) is 0 Å². The van der Waals surface area contributed by atoms with E-state index in [4.69, 9.17) is 4.74 Å². The van der Waals surface area contributed by atoms with Crippen molar-refractivity contribution in [1.82, 2.24) is 5.32 Å². The maximum Gasteiger partial charge on any atom is 0.407 e. The van der Waals surface area contributed by atoms with E-state index in [2.05, 4.69) is 5.32 Å². The molecular weight excluding hydrogens is 344 g/mol. The van der Waals surface area contributed by atoms with Gasteiger partial charge in [0.15, 0.2) is 0 Å². The van der Waals surface area contributed by atoms with Crippen LogP contribution >= 0.6 is 0 Å². The Bertz CT molecular complexity index is 637. The quantitative estimate of drug-likeness (QED) is 0.751. The number of carboxylic acid groups (broad SMARTS) is 1. The molecule has 1 rings (SSSR count). The van der Waals surface area contributed by atoms with Gasteiger partial charge >= 0.3 is 12.1 Å². The summed E-state index contributed by atoms with van der Waals surface area (Å²) >= 11 is 0. The molecule has 2 unspecified atom stereocenters. The van der Waals surface area contributed by atoms with Gasteiger partial charge in [-0.1, -0.05) is 20.3 Å². The zero-order valence-corrected chi connectivity index (χ0v) is 15.9. The Morgan fingerprint density at radius 3 is 2.15 bits per heavy atom. The van der Waals surface area contributed by atoms with Crippen molar-refractivity contribution < 1.29 is 28.2 Å². The van der Waals surface area contributed by atoms with Gasteiger partial charge in [-0.2, -0.15) is 0 Å². The fraction of sp³-hybridized carbons (Fsp3) is 0.579. The van der Waals surface area contributed by atoms with Crippen LogP contribution in [0.2, 0.25) is 0 Å². The van der Waals surface area contributed by atoms with Crippen molar-refractivity contribution in [2.24, 2.45) is 5.92 Å². The van der Waals surface area contributed by atoms with Crippen LogP contribution in [-0.4, -0.2) is 29.3 Å². The van der Waals surface area contributed by atoms with Crippen LogP contribution in [0.25, 0.3) is 0 Å². The van der Waals surface area contributed by atoms with Crippen LogP contribution in [0.4, 0.5) is 13.6 Å². The number of halogens is 2. The van der Waals surface area contributed by atoms with Crippen molar-refractivity contribution in [3.8, 4) is 0 Å². The van der Waals surface area contributed by atoms with Gasteiger partial charge < -0.3 is 15.2 Å². The van der Waals surface area contributed by atoms with E-state index < -0.39 is 34.7 Å². The maximum absolute atomic E-state index is 13.7. The highest BCUT2D eigenvalue weighted by atomic mass is 19.1. The third kappa shape index (κ3) is 5.97. The van der Waals surface area contributed by atoms with Gasteiger partial charge in [0.2, 0.25) is 0 Å². The fourth-order valence-corrected chi connectivity index (χ4v) is 2.69. The first-order valence-corrected chi connectivity index (χ1v) is 8.56. The molecule has 1 amide bonds. The van der Waals surface area contributed by atoms with E-state index in [0.29, 0.717) is 12.5 Å². The smallest absolute Gasteiger partial charge is 0.407 e. The number of hydrogen-bond donors (Lipinski definition) is 2. The molecule has 2 atom stereocenters. The van der Waals surface area contributed by atoms with Gasteiger partial charge in [-0.25, -0.2) is 13.6 Å². The second kappa shape index (κ2) is 8.47. The van der Waals surface area contributed by atoms with Gasteiger partial charge in [-0.05, 0) is 50.8 Å². The summed E-state index contributed by atoms with van der Waals surface area (Å²) in [6.07, 6.45) is 0.000659. The molecule has 146 valence electrons. The molecule has 0 bridgehead atoms. The lowest BCUT2D eigenvalue weighted by molar-refractivity contribution is -0.144. The second-order valence-corrected chi connectivity index (χ2v) is 7.62. The van der Waals surface area contributed by atoms with Crippen LogP contribution in [0.15, 0.2) is 18.2 Å². The van der Waals surface area contributed by atoms with E-state index in [-0.39, 0.29) is 24.4 Å². The number of amides is 1. The van der Waals surface area contributed by atoms with E-state index in [1.807, 2.05) is 13.8 Å². The predicted octanol–water partition coefficient (Wildman–Crippen LogP) is 4.25. The molecule has 0 heterocycles. The standard InChI is InChI=1S/C19H27F2NO4/c1-6-12(2)10-19(16(23)24,11-22-17(25)26-18(3,4)5)13-7-14(20)9-15(21)8-13/h7-9,12H,6,10-11H2,1-5H3,(H,22,25)(H,23,24). The Morgan fingerprint density at radius 1 is 1.19 bits per heavy atom. The van der Waals surface area contributed by atoms with Gasteiger partial charge in [0.1, 0.15) is 22.7 Å². The zero-order chi connectivity index (χ0) is 20.1. The minimum atomic E-state index is -1.67. The van der Waals surface area contributed by atoms with E-state index in [1.165, 1.54) is 0 Å². The molecule has 5 nitrogen and oxygen atoms in total. The summed E-state index contributed by atoms with van der Waals surface area (Å²) in [4.78, 5) is 24.1. The van der Waals surface area contributed by atoms with Crippen LogP contribution < -0.4 is 5.32 Å². The minimum Gasteiger partial charge on any atom is -0.481 e. The first-order chi connectivity index (χ1) is 11.9. The number of aliphatic carboxylic acids is 1. The first-order valence-electron chi connectivity index (χ1n) is 8.56. The van der Waals surface area contributed by atoms with Crippen molar-refractivity contribution in [3.63, 3.8) is 0 Å². The zero-order valence-electron chi connectivity index (χ0n) is 15.9. The Morgan fingerprint density at radius 2 is 1.73 bits per heavy atom. The van der Waals surface area contributed by atoms with Gasteiger partial charge in [0.25, 0.3) is 0 Å². The Hall–Kier alpha value is -2.18. The molecule has 0 saturated heterocycles. The molecule has 0 radical (unpaired) electrons. The Labute approximate surface area is 152 Å². The van der Waals surface area contributed by atoms with Crippen molar-refractivity contribution >= 4 is 12.1 Å². The molecule has 1 aromatic carbocycles. The highest BCUT2D eigenvalue weighted by Crippen LogP contribution is 2.34. The van der Waals surface area contributed by atoms with Crippen LogP contribution in [0.3, 0.4) is 0 Å². The summed E-state index contributed by atoms with van der Waals surface area (Å²) in [5, 5.41) is 12.4. The number of ether oxygens (including phenoxy) is 1. The molecule has 0 aliphatic heterocycles. The van der Waals surface area contributed by atoms with Crippen molar-refractivity contribution in [3.05, 3.63) is 35.4 Å². The molecule has 0 spiro atoms. The van der Waals surface area contributed by atoms with Crippen LogP contribution in [0.5, 0.6) is 0 Å². The summed E-state index contributed by atoms with van der Waals surface area (Å²) < 4.78 is 32.6. The van der Waals surface area contributed by atoms with E-state index >= 15 is 0 Å². The number of carboxylic acids is 1. The van der Waals surface area contributed by atoms with Crippen molar-refractivity contribution in [2.75, 3.05) is 6.54 Å². The number of alkyl carbamates (subject to hydrolysis) is 1. The third-order valence-corrected chi connectivity index (χ3v) is 4.15. The molecule has 1 aromatic rings. The summed E-state index contributed by atoms with van der Waals surface area (Å²) in [5.41, 5.74) is -2.45. The van der Waals surface area contributed by atoms with Crippen molar-refractivity contribution in [1.29, 1.82) is 0 Å². The third-order valence-electron chi connectivity index (χ3n) is 4.15. The fourth-order valence-electron chi connectivity index (χ4n) is 2.69. The number of hydrogen-bond acceptors (Lipinski definition) is 3. The van der Waals surface area contributed by atoms with E-state index in [1.54, 1.807) is 20.8 Å². The van der Waals surface area contributed by atoms with E-state index in [9.17, 15) is 23.5 Å². The maximum atomic E-state index is 13.7. The monoisotopic (exact) mass is 371 g/mol. The Balaban J connectivity index is 3.26. The summed E-state index contributed by atoms with van der Waals surface area (Å²) in [7, 11) is 0. The largest absolute Gasteiger partial charge is 0.481 e. The topological polar surface area (TPSA) is 75.6 Å². The van der Waals surface area contributed by atoms with Crippen LogP contribution in [0, 0.1) is 17.6 Å². The highest BCUT2D eigenvalue weighted by molar-refractivity contribution is 5.83. The van der Waals surface area contributed by atoms with Gasteiger partial charge in [-0.3, -0.25) is 4.79 Å². The number of carbonyl (C=O) groups is 2. The molecule has 0 aliphatic rings. The molecular formula is C19H27F2NO4. The Kier molecular flexibility index (Phi) is 7.12. The first kappa shape index (κ1) is 21.9. The number of carbonyl (C=O) groups excluding carboxylic acids is 1. The average Bonchev–Trinajstić information content (AvgIpc) is 2.48.